The number of nitrogens with one attached hydrogen (secondary N) is 1. The van der Waals surface area contributed by atoms with Gasteiger partial charge in [-0.25, -0.2) is 0 Å². The molecule has 4 N–H and O–H groups in total. The highest BCUT2D eigenvalue weighted by Gasteiger charge is 2.41. The number of piperazine rings is 1. The summed E-state index contributed by atoms with van der Waals surface area (Å²) in [5.41, 5.74) is 4.41. The van der Waals surface area contributed by atoms with Gasteiger partial charge in [-0.2, -0.15) is 0 Å². The van der Waals surface area contributed by atoms with E-state index in [1.54, 1.807) is 13.8 Å². The predicted molar refractivity (Wildman–Crippen MR) is 66.0 cm³/mol. The van der Waals surface area contributed by atoms with Gasteiger partial charge in [-0.1, -0.05) is 12.1 Å². The van der Waals surface area contributed by atoms with Crippen LogP contribution in [-0.2, 0) is 9.59 Å². The number of carbonyl (C=O) groups is 2. The van der Waals surface area contributed by atoms with Crippen molar-refractivity contribution in [2.45, 2.75) is 33.2 Å². The highest BCUT2D eigenvalue weighted by atomic mass is 16.4. The van der Waals surface area contributed by atoms with Gasteiger partial charge in [0.25, 0.3) is 0 Å². The lowest BCUT2D eigenvalue weighted by Gasteiger charge is -2.38. The second-order valence-corrected chi connectivity index (χ2v) is 4.82. The number of rotatable bonds is 3. The molecule has 0 saturated carbocycles. The van der Waals surface area contributed by atoms with Crippen LogP contribution in [0.15, 0.2) is 5.16 Å². The van der Waals surface area contributed by atoms with Crippen molar-refractivity contribution in [2.75, 3.05) is 13.1 Å². The molecule has 1 aliphatic heterocycles. The van der Waals surface area contributed by atoms with Gasteiger partial charge in [0.2, 0.25) is 11.8 Å². The SMILES string of the molecule is CCC1C(=O)NCCN1C(=O)C(C)(C)C(N)=NO. The normalized spacial score (nSPS) is 21.7. The van der Waals surface area contributed by atoms with Crippen molar-refractivity contribution >= 4 is 17.6 Å². The molecule has 7 heteroatoms. The van der Waals surface area contributed by atoms with Crippen molar-refractivity contribution in [1.82, 2.24) is 10.2 Å². The van der Waals surface area contributed by atoms with E-state index >= 15 is 0 Å². The van der Waals surface area contributed by atoms with Crippen LogP contribution in [0.4, 0.5) is 0 Å². The Hall–Kier alpha value is -1.79. The minimum atomic E-state index is -1.13. The van der Waals surface area contributed by atoms with Gasteiger partial charge in [-0.15, -0.1) is 0 Å². The average molecular weight is 256 g/mol. The number of hydrogen-bond acceptors (Lipinski definition) is 4. The van der Waals surface area contributed by atoms with Gasteiger partial charge in [0.05, 0.1) is 0 Å². The van der Waals surface area contributed by atoms with Gasteiger partial charge in [-0.05, 0) is 20.3 Å². The molecule has 0 bridgehead atoms. The molecule has 1 saturated heterocycles. The number of nitrogens with zero attached hydrogens (tertiary/aromatic N) is 2. The Morgan fingerprint density at radius 2 is 2.28 bits per heavy atom. The molecule has 2 amide bonds. The molecule has 0 aromatic heterocycles. The fourth-order valence-corrected chi connectivity index (χ4v) is 1.96. The highest BCUT2D eigenvalue weighted by Crippen LogP contribution is 2.22. The molecule has 0 aliphatic carbocycles. The van der Waals surface area contributed by atoms with Crippen molar-refractivity contribution in [1.29, 1.82) is 0 Å². The van der Waals surface area contributed by atoms with E-state index in [9.17, 15) is 9.59 Å². The van der Waals surface area contributed by atoms with Crippen molar-refractivity contribution < 1.29 is 14.8 Å². The summed E-state index contributed by atoms with van der Waals surface area (Å²) < 4.78 is 0. The Labute approximate surface area is 106 Å². The van der Waals surface area contributed by atoms with E-state index in [1.807, 2.05) is 6.92 Å². The van der Waals surface area contributed by atoms with Gasteiger partial charge in [0.1, 0.15) is 11.5 Å². The average Bonchev–Trinajstić information content (AvgIpc) is 2.36. The third-order valence-electron chi connectivity index (χ3n) is 3.26. The Morgan fingerprint density at radius 3 is 2.78 bits per heavy atom. The monoisotopic (exact) mass is 256 g/mol. The maximum atomic E-state index is 12.4. The third-order valence-corrected chi connectivity index (χ3v) is 3.26. The second-order valence-electron chi connectivity index (χ2n) is 4.82. The smallest absolute Gasteiger partial charge is 0.242 e. The number of oxime groups is 1. The van der Waals surface area contributed by atoms with Gasteiger partial charge in [-0.3, -0.25) is 9.59 Å². The van der Waals surface area contributed by atoms with Crippen LogP contribution in [0, 0.1) is 5.41 Å². The molecule has 1 atom stereocenters. The molecule has 18 heavy (non-hydrogen) atoms. The van der Waals surface area contributed by atoms with E-state index in [-0.39, 0.29) is 17.6 Å². The van der Waals surface area contributed by atoms with Gasteiger partial charge < -0.3 is 21.2 Å². The highest BCUT2D eigenvalue weighted by molar-refractivity contribution is 6.07. The van der Waals surface area contributed by atoms with Crippen molar-refractivity contribution in [3.63, 3.8) is 0 Å². The first-order valence-electron chi connectivity index (χ1n) is 5.93. The zero-order valence-corrected chi connectivity index (χ0v) is 10.9. The van der Waals surface area contributed by atoms with Crippen LogP contribution in [0.1, 0.15) is 27.2 Å². The molecule has 0 aromatic carbocycles. The molecule has 1 fully saturated rings. The van der Waals surface area contributed by atoms with Crippen LogP contribution >= 0.6 is 0 Å². The van der Waals surface area contributed by atoms with Crippen LogP contribution in [0.2, 0.25) is 0 Å². The summed E-state index contributed by atoms with van der Waals surface area (Å²) in [5, 5.41) is 14.3. The topological polar surface area (TPSA) is 108 Å². The van der Waals surface area contributed by atoms with E-state index in [0.717, 1.165) is 0 Å². The third kappa shape index (κ3) is 2.39. The molecule has 102 valence electrons. The number of carbonyl (C=O) groups excluding carboxylic acids is 2. The lowest BCUT2D eigenvalue weighted by atomic mass is 9.89. The molecule has 1 aliphatic rings. The molecule has 1 unspecified atom stereocenters. The fourth-order valence-electron chi connectivity index (χ4n) is 1.96. The lowest BCUT2D eigenvalue weighted by Crippen LogP contribution is -2.60. The Morgan fingerprint density at radius 1 is 1.67 bits per heavy atom. The first kappa shape index (κ1) is 14.3. The van der Waals surface area contributed by atoms with Crippen LogP contribution in [0.25, 0.3) is 0 Å². The van der Waals surface area contributed by atoms with Crippen LogP contribution in [0.5, 0.6) is 0 Å². The van der Waals surface area contributed by atoms with Crippen molar-refractivity contribution in [3.8, 4) is 0 Å². The quantitative estimate of drug-likeness (QED) is 0.274. The number of amidine groups is 1. The maximum Gasteiger partial charge on any atom is 0.242 e. The molecule has 7 nitrogen and oxygen atoms in total. The van der Waals surface area contributed by atoms with Gasteiger partial charge in [0.15, 0.2) is 5.84 Å². The van der Waals surface area contributed by atoms with E-state index in [2.05, 4.69) is 10.5 Å². The fraction of sp³-hybridized carbons (Fsp3) is 0.727. The Bertz CT molecular complexity index is 378. The summed E-state index contributed by atoms with van der Waals surface area (Å²) in [7, 11) is 0. The number of amides is 2. The molecule has 1 heterocycles. The standard InChI is InChI=1S/C11H20N4O3/c1-4-7-8(16)13-5-6-15(7)10(17)11(2,3)9(12)14-18/h7,18H,4-6H2,1-3H3,(H2,12,14)(H,13,16). The first-order valence-corrected chi connectivity index (χ1v) is 5.93. The van der Waals surface area contributed by atoms with Gasteiger partial charge in [0, 0.05) is 13.1 Å². The summed E-state index contributed by atoms with van der Waals surface area (Å²) in [4.78, 5) is 25.6. The number of hydrogen-bond donors (Lipinski definition) is 3. The second kappa shape index (κ2) is 5.24. The maximum absolute atomic E-state index is 12.4. The summed E-state index contributed by atoms with van der Waals surface area (Å²) in [5.74, 6) is -0.625. The summed E-state index contributed by atoms with van der Waals surface area (Å²) >= 11 is 0. The van der Waals surface area contributed by atoms with E-state index in [1.165, 1.54) is 4.90 Å². The van der Waals surface area contributed by atoms with Crippen LogP contribution in [-0.4, -0.2) is 46.9 Å². The van der Waals surface area contributed by atoms with Gasteiger partial charge >= 0.3 is 0 Å². The van der Waals surface area contributed by atoms with Crippen LogP contribution in [0.3, 0.4) is 0 Å². The van der Waals surface area contributed by atoms with E-state index < -0.39 is 11.5 Å². The molecule has 0 spiro atoms. The van der Waals surface area contributed by atoms with E-state index in [0.29, 0.717) is 19.5 Å². The minimum Gasteiger partial charge on any atom is -0.409 e. The zero-order valence-electron chi connectivity index (χ0n) is 10.9. The molecule has 1 rings (SSSR count). The summed E-state index contributed by atoms with van der Waals surface area (Å²) in [6, 6.07) is -0.489. The molecular formula is C11H20N4O3. The molecular weight excluding hydrogens is 236 g/mol. The minimum absolute atomic E-state index is 0.159. The molecule has 0 aromatic rings. The van der Waals surface area contributed by atoms with Crippen LogP contribution < -0.4 is 11.1 Å². The zero-order chi connectivity index (χ0) is 13.9. The van der Waals surface area contributed by atoms with E-state index in [4.69, 9.17) is 10.9 Å². The number of nitrogens with two attached hydrogens (primary N) is 1. The largest absolute Gasteiger partial charge is 0.409 e. The molecule has 0 radical (unpaired) electrons. The lowest BCUT2D eigenvalue weighted by molar-refractivity contribution is -0.147. The van der Waals surface area contributed by atoms with Crippen molar-refractivity contribution in [2.24, 2.45) is 16.3 Å². The first-order chi connectivity index (χ1) is 8.36. The summed E-state index contributed by atoms with van der Waals surface area (Å²) in [6.07, 6.45) is 0.532. The predicted octanol–water partition coefficient (Wildman–Crippen LogP) is -0.504. The summed E-state index contributed by atoms with van der Waals surface area (Å²) in [6.45, 7) is 5.85. The Balaban J connectivity index is 2.98. The van der Waals surface area contributed by atoms with Crippen molar-refractivity contribution in [3.05, 3.63) is 0 Å². The Kier molecular flexibility index (Phi) is 4.15.